The summed E-state index contributed by atoms with van der Waals surface area (Å²) in [5.74, 6) is 0.904. The van der Waals surface area contributed by atoms with Gasteiger partial charge in [0, 0.05) is 24.6 Å². The van der Waals surface area contributed by atoms with Crippen molar-refractivity contribution in [2.24, 2.45) is 0 Å². The lowest BCUT2D eigenvalue weighted by atomic mass is 10.1. The number of aryl methyl sites for hydroxylation is 1. The van der Waals surface area contributed by atoms with Crippen LogP contribution in [0, 0.1) is 0 Å². The van der Waals surface area contributed by atoms with Gasteiger partial charge in [0.25, 0.3) is 0 Å². The van der Waals surface area contributed by atoms with Gasteiger partial charge in [-0.2, -0.15) is 0 Å². The molecule has 152 valence electrons. The summed E-state index contributed by atoms with van der Waals surface area (Å²) >= 11 is 0. The fraction of sp³-hybridized carbons (Fsp3) is 0.522. The van der Waals surface area contributed by atoms with Crippen molar-refractivity contribution in [3.63, 3.8) is 0 Å². The maximum Gasteiger partial charge on any atom is 0.313 e. The maximum absolute atomic E-state index is 12.0. The van der Waals surface area contributed by atoms with E-state index in [4.69, 9.17) is 9.47 Å². The Morgan fingerprint density at radius 1 is 1.00 bits per heavy atom. The number of benzene rings is 1. The number of hydrogen-bond donors (Lipinski definition) is 0. The zero-order chi connectivity index (χ0) is 20.2. The van der Waals surface area contributed by atoms with Crippen LogP contribution in [0.2, 0.25) is 0 Å². The first-order valence-corrected chi connectivity index (χ1v) is 10.4. The fourth-order valence-corrected chi connectivity index (χ4v) is 2.85. The van der Waals surface area contributed by atoms with Gasteiger partial charge >= 0.3 is 5.97 Å². The topological polar surface area (TPSA) is 61.3 Å². The van der Waals surface area contributed by atoms with Gasteiger partial charge in [-0.15, -0.1) is 0 Å². The molecule has 5 nitrogen and oxygen atoms in total. The van der Waals surface area contributed by atoms with Crippen LogP contribution >= 0.6 is 0 Å². The molecule has 0 aliphatic heterocycles. The molecule has 0 radical (unpaired) electrons. The van der Waals surface area contributed by atoms with E-state index in [1.165, 1.54) is 31.2 Å². The van der Waals surface area contributed by atoms with Crippen molar-refractivity contribution >= 4 is 5.97 Å². The van der Waals surface area contributed by atoms with E-state index >= 15 is 0 Å². The SMILES string of the molecule is CCCCCCc1cnc(-c2ccc(OC(=O)CC(C)OCCC)cc2)nc1. The van der Waals surface area contributed by atoms with Crippen molar-refractivity contribution < 1.29 is 14.3 Å². The lowest BCUT2D eigenvalue weighted by molar-refractivity contribution is -0.137. The number of esters is 1. The summed E-state index contributed by atoms with van der Waals surface area (Å²) in [7, 11) is 0. The van der Waals surface area contributed by atoms with E-state index in [-0.39, 0.29) is 18.5 Å². The minimum absolute atomic E-state index is 0.138. The van der Waals surface area contributed by atoms with Crippen LogP contribution in [0.25, 0.3) is 11.4 Å². The second kappa shape index (κ2) is 12.2. The lowest BCUT2D eigenvalue weighted by Gasteiger charge is -2.11. The molecule has 28 heavy (non-hydrogen) atoms. The molecule has 2 rings (SSSR count). The molecule has 0 aliphatic rings. The number of aromatic nitrogens is 2. The molecule has 0 saturated heterocycles. The Morgan fingerprint density at radius 2 is 1.71 bits per heavy atom. The largest absolute Gasteiger partial charge is 0.426 e. The van der Waals surface area contributed by atoms with Gasteiger partial charge in [0.15, 0.2) is 5.82 Å². The minimum atomic E-state index is -0.292. The quantitative estimate of drug-likeness (QED) is 0.279. The molecule has 1 unspecified atom stereocenters. The van der Waals surface area contributed by atoms with Crippen LogP contribution in [0.3, 0.4) is 0 Å². The van der Waals surface area contributed by atoms with Crippen LogP contribution in [-0.4, -0.2) is 28.6 Å². The number of nitrogens with zero attached hydrogens (tertiary/aromatic N) is 2. The van der Waals surface area contributed by atoms with Crippen molar-refractivity contribution in [1.82, 2.24) is 9.97 Å². The molecule has 0 aliphatic carbocycles. The van der Waals surface area contributed by atoms with E-state index in [2.05, 4.69) is 16.9 Å². The van der Waals surface area contributed by atoms with E-state index in [9.17, 15) is 4.79 Å². The molecule has 0 saturated carbocycles. The third-order valence-electron chi connectivity index (χ3n) is 4.43. The summed E-state index contributed by atoms with van der Waals surface area (Å²) in [4.78, 5) is 20.9. The summed E-state index contributed by atoms with van der Waals surface area (Å²) in [5, 5.41) is 0. The maximum atomic E-state index is 12.0. The highest BCUT2D eigenvalue weighted by molar-refractivity contribution is 5.73. The number of rotatable bonds is 12. The van der Waals surface area contributed by atoms with Crippen LogP contribution in [0.15, 0.2) is 36.7 Å². The predicted octanol–water partition coefficient (Wildman–Crippen LogP) is 5.38. The Bertz CT molecular complexity index is 699. The molecule has 1 aromatic carbocycles. The molecule has 2 aromatic rings. The van der Waals surface area contributed by atoms with Crippen LogP contribution < -0.4 is 4.74 Å². The highest BCUT2D eigenvalue weighted by Crippen LogP contribution is 2.20. The molecule has 1 heterocycles. The molecule has 1 atom stereocenters. The van der Waals surface area contributed by atoms with Gasteiger partial charge in [0.05, 0.1) is 12.5 Å². The zero-order valence-electron chi connectivity index (χ0n) is 17.3. The summed E-state index contributed by atoms with van der Waals surface area (Å²) in [5.41, 5.74) is 2.07. The number of carbonyl (C=O) groups is 1. The smallest absolute Gasteiger partial charge is 0.313 e. The Kier molecular flexibility index (Phi) is 9.63. The van der Waals surface area contributed by atoms with Crippen molar-refractivity contribution in [2.45, 2.75) is 71.8 Å². The van der Waals surface area contributed by atoms with E-state index in [1.807, 2.05) is 38.4 Å². The third kappa shape index (κ3) is 7.77. The first-order chi connectivity index (χ1) is 13.6. The van der Waals surface area contributed by atoms with Crippen LogP contribution in [0.5, 0.6) is 5.75 Å². The lowest BCUT2D eigenvalue weighted by Crippen LogP contribution is -2.18. The normalized spacial score (nSPS) is 12.0. The molecule has 0 spiro atoms. The monoisotopic (exact) mass is 384 g/mol. The van der Waals surface area contributed by atoms with Gasteiger partial charge in [-0.25, -0.2) is 9.97 Å². The van der Waals surface area contributed by atoms with E-state index in [0.717, 1.165) is 18.4 Å². The van der Waals surface area contributed by atoms with Crippen LogP contribution in [0.1, 0.15) is 64.9 Å². The standard InChI is InChI=1S/C23H32N2O3/c1-4-6-7-8-9-19-16-24-23(25-17-19)20-10-12-21(13-11-20)28-22(26)15-18(3)27-14-5-2/h10-13,16-18H,4-9,14-15H2,1-3H3. The second-order valence-corrected chi connectivity index (χ2v) is 7.11. The van der Waals surface area contributed by atoms with Gasteiger partial charge in [0.1, 0.15) is 5.75 Å². The number of hydrogen-bond acceptors (Lipinski definition) is 5. The molecule has 1 aromatic heterocycles. The molecule has 0 bridgehead atoms. The minimum Gasteiger partial charge on any atom is -0.426 e. The Morgan fingerprint density at radius 3 is 2.36 bits per heavy atom. The predicted molar refractivity (Wildman–Crippen MR) is 111 cm³/mol. The molecule has 5 heteroatoms. The third-order valence-corrected chi connectivity index (χ3v) is 4.43. The summed E-state index contributed by atoms with van der Waals surface area (Å²) in [6.45, 7) is 6.79. The van der Waals surface area contributed by atoms with Crippen molar-refractivity contribution in [3.8, 4) is 17.1 Å². The zero-order valence-corrected chi connectivity index (χ0v) is 17.3. The highest BCUT2D eigenvalue weighted by Gasteiger charge is 2.12. The summed E-state index contributed by atoms with van der Waals surface area (Å²) < 4.78 is 10.9. The molecule has 0 N–H and O–H groups in total. The first kappa shape index (κ1) is 22.0. The molecular weight excluding hydrogens is 352 g/mol. The van der Waals surface area contributed by atoms with Crippen molar-refractivity contribution in [3.05, 3.63) is 42.2 Å². The first-order valence-electron chi connectivity index (χ1n) is 10.4. The van der Waals surface area contributed by atoms with Crippen LogP contribution in [-0.2, 0) is 16.0 Å². The summed E-state index contributed by atoms with van der Waals surface area (Å²) in [6, 6.07) is 7.28. The Hall–Kier alpha value is -2.27. The van der Waals surface area contributed by atoms with Crippen molar-refractivity contribution in [1.29, 1.82) is 0 Å². The number of ether oxygens (including phenoxy) is 2. The Labute approximate surface area is 168 Å². The van der Waals surface area contributed by atoms with E-state index in [0.29, 0.717) is 18.2 Å². The van der Waals surface area contributed by atoms with Gasteiger partial charge in [-0.05, 0) is 56.0 Å². The average Bonchev–Trinajstić information content (AvgIpc) is 2.71. The van der Waals surface area contributed by atoms with Gasteiger partial charge < -0.3 is 9.47 Å². The number of unbranched alkanes of at least 4 members (excludes halogenated alkanes) is 3. The summed E-state index contributed by atoms with van der Waals surface area (Å²) in [6.07, 6.45) is 10.8. The molecule has 0 amide bonds. The van der Waals surface area contributed by atoms with Gasteiger partial charge in [-0.3, -0.25) is 4.79 Å². The average molecular weight is 385 g/mol. The number of carbonyl (C=O) groups excluding carboxylic acids is 1. The van der Waals surface area contributed by atoms with E-state index in [1.54, 1.807) is 12.1 Å². The fourth-order valence-electron chi connectivity index (χ4n) is 2.85. The second-order valence-electron chi connectivity index (χ2n) is 7.11. The van der Waals surface area contributed by atoms with Gasteiger partial charge in [-0.1, -0.05) is 33.1 Å². The van der Waals surface area contributed by atoms with Crippen LogP contribution in [0.4, 0.5) is 0 Å². The molecule has 0 fully saturated rings. The van der Waals surface area contributed by atoms with E-state index < -0.39 is 0 Å². The van der Waals surface area contributed by atoms with Crippen molar-refractivity contribution in [2.75, 3.05) is 6.61 Å². The van der Waals surface area contributed by atoms with Gasteiger partial charge in [0.2, 0.25) is 0 Å². The highest BCUT2D eigenvalue weighted by atomic mass is 16.5. The molecular formula is C23H32N2O3. The Balaban J connectivity index is 1.85.